The first-order valence-electron chi connectivity index (χ1n) is 12.6. The van der Waals surface area contributed by atoms with Crippen LogP contribution < -0.4 is 5.32 Å². The van der Waals surface area contributed by atoms with E-state index in [1.807, 2.05) is 12.4 Å². The van der Waals surface area contributed by atoms with Gasteiger partial charge in [0.05, 0.1) is 5.41 Å². The Bertz CT molecular complexity index is 1090. The maximum atomic E-state index is 5.01. The molecule has 8 heteroatoms. The highest BCUT2D eigenvalue weighted by atomic mass is 15.5. The van der Waals surface area contributed by atoms with E-state index in [0.29, 0.717) is 5.82 Å². The quantitative estimate of drug-likeness (QED) is 0.498. The standard InChI is InChI=1S/C26H34N8/c1-2-3-17-34-24(28-23(31-34)18-20-7-5-4-6-8-20)19-21-9-11-22(12-10-21)26(13-15-27-16-14-26)25-29-32-33-30-25/h9-16,20,27H,2-8,17-19H2,1H3,(H,29,30,32,33). The Morgan fingerprint density at radius 2 is 1.85 bits per heavy atom. The van der Waals surface area contributed by atoms with Gasteiger partial charge in [-0.15, -0.1) is 10.2 Å². The van der Waals surface area contributed by atoms with Gasteiger partial charge in [0.2, 0.25) is 0 Å². The van der Waals surface area contributed by atoms with Crippen LogP contribution in [0, 0.1) is 5.92 Å². The Hall–Kier alpha value is -3.29. The van der Waals surface area contributed by atoms with Crippen molar-refractivity contribution in [2.45, 2.75) is 76.7 Å². The van der Waals surface area contributed by atoms with Crippen molar-refractivity contribution in [3.05, 3.63) is 77.4 Å². The molecule has 2 aliphatic rings. The number of tetrazole rings is 1. The lowest BCUT2D eigenvalue weighted by molar-refractivity contribution is 0.351. The number of rotatable bonds is 9. The van der Waals surface area contributed by atoms with Gasteiger partial charge in [-0.05, 0) is 48.0 Å². The molecule has 0 atom stereocenters. The van der Waals surface area contributed by atoms with Crippen molar-refractivity contribution >= 4 is 0 Å². The number of hydrogen-bond acceptors (Lipinski definition) is 6. The van der Waals surface area contributed by atoms with E-state index in [0.717, 1.165) is 55.4 Å². The Morgan fingerprint density at radius 1 is 1.06 bits per heavy atom. The first-order chi connectivity index (χ1) is 16.8. The summed E-state index contributed by atoms with van der Waals surface area (Å²) in [5.41, 5.74) is 1.78. The number of aryl methyl sites for hydroxylation is 1. The van der Waals surface area contributed by atoms with Crippen LogP contribution in [0.25, 0.3) is 0 Å². The Labute approximate surface area is 201 Å². The van der Waals surface area contributed by atoms with E-state index in [9.17, 15) is 0 Å². The van der Waals surface area contributed by atoms with Gasteiger partial charge in [0, 0.05) is 19.4 Å². The third-order valence-corrected chi connectivity index (χ3v) is 7.11. The van der Waals surface area contributed by atoms with Crippen LogP contribution >= 0.6 is 0 Å². The zero-order valence-electron chi connectivity index (χ0n) is 20.0. The van der Waals surface area contributed by atoms with E-state index < -0.39 is 5.41 Å². The second kappa shape index (κ2) is 10.3. The summed E-state index contributed by atoms with van der Waals surface area (Å²) in [6, 6.07) is 8.67. The largest absolute Gasteiger partial charge is 0.368 e. The molecule has 1 aromatic carbocycles. The third kappa shape index (κ3) is 4.81. The van der Waals surface area contributed by atoms with Crippen LogP contribution in [-0.2, 0) is 24.8 Å². The normalized spacial score (nSPS) is 17.7. The number of dihydropyridines is 1. The van der Waals surface area contributed by atoms with E-state index in [-0.39, 0.29) is 0 Å². The van der Waals surface area contributed by atoms with Crippen molar-refractivity contribution in [3.8, 4) is 0 Å². The van der Waals surface area contributed by atoms with Gasteiger partial charge in [0.25, 0.3) is 0 Å². The zero-order chi connectivity index (χ0) is 23.2. The number of hydrogen-bond donors (Lipinski definition) is 2. The molecule has 0 spiro atoms. The lowest BCUT2D eigenvalue weighted by Crippen LogP contribution is -2.28. The minimum Gasteiger partial charge on any atom is -0.368 e. The lowest BCUT2D eigenvalue weighted by atomic mass is 9.78. The highest BCUT2D eigenvalue weighted by molar-refractivity contribution is 5.46. The Morgan fingerprint density at radius 3 is 2.56 bits per heavy atom. The van der Waals surface area contributed by atoms with Crippen LogP contribution in [0.15, 0.2) is 48.8 Å². The van der Waals surface area contributed by atoms with Crippen molar-refractivity contribution in [1.29, 1.82) is 0 Å². The van der Waals surface area contributed by atoms with Gasteiger partial charge in [-0.25, -0.2) is 9.67 Å². The van der Waals surface area contributed by atoms with Crippen molar-refractivity contribution in [2.75, 3.05) is 0 Å². The predicted molar refractivity (Wildman–Crippen MR) is 131 cm³/mol. The summed E-state index contributed by atoms with van der Waals surface area (Å²) in [7, 11) is 0. The molecule has 2 aromatic heterocycles. The van der Waals surface area contributed by atoms with E-state index in [1.54, 1.807) is 0 Å². The lowest BCUT2D eigenvalue weighted by Gasteiger charge is -2.26. The fraction of sp³-hybridized carbons (Fsp3) is 0.500. The highest BCUT2D eigenvalue weighted by Crippen LogP contribution is 2.34. The SMILES string of the molecule is CCCCn1nc(CC2CCCCC2)nc1Cc1ccc(C2(c3nn[nH]n3)C=CNC=C2)cc1. The number of benzene rings is 1. The second-order valence-corrected chi connectivity index (χ2v) is 9.54. The molecule has 178 valence electrons. The summed E-state index contributed by atoms with van der Waals surface area (Å²) < 4.78 is 2.15. The van der Waals surface area contributed by atoms with Crippen LogP contribution in [0.1, 0.15) is 80.5 Å². The summed E-state index contributed by atoms with van der Waals surface area (Å²) in [6.45, 7) is 3.16. The molecule has 0 radical (unpaired) electrons. The minimum absolute atomic E-state index is 0.537. The first kappa shape index (κ1) is 22.5. The number of H-pyrrole nitrogens is 1. The summed E-state index contributed by atoms with van der Waals surface area (Å²) in [5, 5.41) is 22.9. The number of nitrogens with one attached hydrogen (secondary N) is 2. The number of aromatic amines is 1. The van der Waals surface area contributed by atoms with Crippen molar-refractivity contribution in [1.82, 2.24) is 40.7 Å². The maximum Gasteiger partial charge on any atom is 0.192 e. The Kier molecular flexibility index (Phi) is 6.83. The molecule has 1 aliphatic heterocycles. The number of nitrogens with zero attached hydrogens (tertiary/aromatic N) is 6. The van der Waals surface area contributed by atoms with Crippen LogP contribution in [0.3, 0.4) is 0 Å². The van der Waals surface area contributed by atoms with Crippen LogP contribution in [-0.4, -0.2) is 35.4 Å². The first-order valence-corrected chi connectivity index (χ1v) is 12.6. The molecule has 0 saturated heterocycles. The topological polar surface area (TPSA) is 97.2 Å². The van der Waals surface area contributed by atoms with Gasteiger partial charge in [-0.1, -0.05) is 74.9 Å². The molecular weight excluding hydrogens is 424 g/mol. The van der Waals surface area contributed by atoms with Gasteiger partial charge in [0.15, 0.2) is 11.6 Å². The van der Waals surface area contributed by atoms with Crippen molar-refractivity contribution in [2.24, 2.45) is 5.92 Å². The van der Waals surface area contributed by atoms with Crippen LogP contribution in [0.2, 0.25) is 0 Å². The van der Waals surface area contributed by atoms with Gasteiger partial charge < -0.3 is 5.32 Å². The summed E-state index contributed by atoms with van der Waals surface area (Å²) in [6.07, 6.45) is 18.7. The fourth-order valence-corrected chi connectivity index (χ4v) is 5.14. The highest BCUT2D eigenvalue weighted by Gasteiger charge is 2.34. The molecule has 0 amide bonds. The Balaban J connectivity index is 1.36. The summed E-state index contributed by atoms with van der Waals surface area (Å²) in [4.78, 5) is 5.01. The average molecular weight is 459 g/mol. The molecular formula is C26H34N8. The molecule has 8 nitrogen and oxygen atoms in total. The molecule has 0 unspecified atom stereocenters. The van der Waals surface area contributed by atoms with Gasteiger partial charge in [-0.2, -0.15) is 10.3 Å². The number of unbranched alkanes of at least 4 members (excludes halogenated alkanes) is 1. The third-order valence-electron chi connectivity index (χ3n) is 7.11. The zero-order valence-corrected chi connectivity index (χ0v) is 20.0. The average Bonchev–Trinajstić information content (AvgIpc) is 3.55. The van der Waals surface area contributed by atoms with Gasteiger partial charge >= 0.3 is 0 Å². The van der Waals surface area contributed by atoms with Crippen molar-refractivity contribution < 1.29 is 0 Å². The molecule has 1 aliphatic carbocycles. The van der Waals surface area contributed by atoms with E-state index in [1.165, 1.54) is 37.7 Å². The second-order valence-electron chi connectivity index (χ2n) is 9.54. The maximum absolute atomic E-state index is 5.01. The van der Waals surface area contributed by atoms with E-state index >= 15 is 0 Å². The van der Waals surface area contributed by atoms with Gasteiger partial charge in [-0.3, -0.25) is 0 Å². The van der Waals surface area contributed by atoms with Crippen molar-refractivity contribution in [3.63, 3.8) is 0 Å². The van der Waals surface area contributed by atoms with Gasteiger partial charge in [0.1, 0.15) is 5.82 Å². The molecule has 5 rings (SSSR count). The minimum atomic E-state index is -0.537. The molecule has 2 N–H and O–H groups in total. The van der Waals surface area contributed by atoms with E-state index in [2.05, 4.69) is 74.0 Å². The molecule has 1 saturated carbocycles. The fourth-order valence-electron chi connectivity index (χ4n) is 5.14. The van der Waals surface area contributed by atoms with Crippen LogP contribution in [0.4, 0.5) is 0 Å². The number of allylic oxidation sites excluding steroid dienone is 2. The molecule has 3 aromatic rings. The number of aromatic nitrogens is 7. The summed E-state index contributed by atoms with van der Waals surface area (Å²) in [5.74, 6) is 3.47. The predicted octanol–water partition coefficient (Wildman–Crippen LogP) is 4.22. The molecule has 1 fully saturated rings. The molecule has 3 heterocycles. The van der Waals surface area contributed by atoms with Crippen LogP contribution in [0.5, 0.6) is 0 Å². The summed E-state index contributed by atoms with van der Waals surface area (Å²) >= 11 is 0. The van der Waals surface area contributed by atoms with E-state index in [4.69, 9.17) is 10.1 Å². The molecule has 34 heavy (non-hydrogen) atoms. The monoisotopic (exact) mass is 458 g/mol. The smallest absolute Gasteiger partial charge is 0.192 e. The molecule has 0 bridgehead atoms.